The molecule has 110 valence electrons. The monoisotopic (exact) mass is 274 g/mol. The lowest BCUT2D eigenvalue weighted by atomic mass is 10.2. The number of nitrogens with zero attached hydrogens (tertiary/aromatic N) is 3. The van der Waals surface area contributed by atoms with E-state index in [0.717, 1.165) is 45.3 Å². The number of anilines is 1. The van der Waals surface area contributed by atoms with E-state index in [1.807, 2.05) is 6.20 Å². The van der Waals surface area contributed by atoms with Crippen molar-refractivity contribution in [2.24, 2.45) is 0 Å². The van der Waals surface area contributed by atoms with E-state index < -0.39 is 0 Å². The zero-order valence-corrected chi connectivity index (χ0v) is 12.7. The van der Waals surface area contributed by atoms with Gasteiger partial charge in [-0.15, -0.1) is 0 Å². The van der Waals surface area contributed by atoms with Gasteiger partial charge in [0.1, 0.15) is 5.82 Å². The fourth-order valence-electron chi connectivity index (χ4n) is 2.88. The number of pyridine rings is 1. The molecule has 4 heteroatoms. The Labute approximate surface area is 122 Å². The summed E-state index contributed by atoms with van der Waals surface area (Å²) >= 11 is 0. The predicted molar refractivity (Wildman–Crippen MR) is 83.2 cm³/mol. The molecule has 1 aliphatic heterocycles. The number of aryl methyl sites for hydroxylation is 1. The van der Waals surface area contributed by atoms with Gasteiger partial charge in [-0.25, -0.2) is 4.98 Å². The van der Waals surface area contributed by atoms with Gasteiger partial charge in [-0.05, 0) is 43.5 Å². The maximum Gasteiger partial charge on any atom is 0.131 e. The number of hydrogen-bond donors (Lipinski definition) is 1. The Morgan fingerprint density at radius 1 is 1.25 bits per heavy atom. The zero-order valence-electron chi connectivity index (χ0n) is 12.7. The van der Waals surface area contributed by atoms with Crippen LogP contribution in [0.15, 0.2) is 12.3 Å². The van der Waals surface area contributed by atoms with E-state index in [1.165, 1.54) is 29.8 Å². The first-order valence-corrected chi connectivity index (χ1v) is 7.92. The Kier molecular flexibility index (Phi) is 4.22. The molecule has 0 unspecified atom stereocenters. The first kappa shape index (κ1) is 13.8. The molecule has 1 N–H and O–H groups in total. The van der Waals surface area contributed by atoms with Crippen molar-refractivity contribution in [3.05, 3.63) is 23.4 Å². The van der Waals surface area contributed by atoms with Crippen LogP contribution < -0.4 is 10.2 Å². The Morgan fingerprint density at radius 2 is 2.00 bits per heavy atom. The van der Waals surface area contributed by atoms with Crippen LogP contribution in [0.5, 0.6) is 0 Å². The van der Waals surface area contributed by atoms with Crippen LogP contribution in [-0.4, -0.2) is 48.6 Å². The molecule has 1 saturated carbocycles. The van der Waals surface area contributed by atoms with E-state index in [2.05, 4.69) is 35.0 Å². The number of hydrogen-bond acceptors (Lipinski definition) is 4. The minimum Gasteiger partial charge on any atom is -0.354 e. The maximum absolute atomic E-state index is 4.72. The summed E-state index contributed by atoms with van der Waals surface area (Å²) in [6.07, 6.45) is 4.72. The average molecular weight is 274 g/mol. The van der Waals surface area contributed by atoms with Crippen LogP contribution in [0.4, 0.5) is 5.82 Å². The van der Waals surface area contributed by atoms with Crippen LogP contribution in [0.25, 0.3) is 0 Å². The Morgan fingerprint density at radius 3 is 2.60 bits per heavy atom. The van der Waals surface area contributed by atoms with Gasteiger partial charge in [0.15, 0.2) is 0 Å². The molecular weight excluding hydrogens is 248 g/mol. The predicted octanol–water partition coefficient (Wildman–Crippen LogP) is 1.78. The van der Waals surface area contributed by atoms with Crippen molar-refractivity contribution in [3.8, 4) is 0 Å². The summed E-state index contributed by atoms with van der Waals surface area (Å²) in [5, 5.41) is 3.55. The van der Waals surface area contributed by atoms with Crippen molar-refractivity contribution in [2.45, 2.75) is 39.3 Å². The second-order valence-electron chi connectivity index (χ2n) is 6.06. The van der Waals surface area contributed by atoms with Gasteiger partial charge in [0, 0.05) is 45.0 Å². The van der Waals surface area contributed by atoms with E-state index >= 15 is 0 Å². The minimum absolute atomic E-state index is 0.761. The highest BCUT2D eigenvalue weighted by molar-refractivity contribution is 5.47. The molecule has 0 amide bonds. The second kappa shape index (κ2) is 6.10. The highest BCUT2D eigenvalue weighted by Gasteiger charge is 2.21. The van der Waals surface area contributed by atoms with Crippen LogP contribution in [0, 0.1) is 6.92 Å². The van der Waals surface area contributed by atoms with Crippen LogP contribution >= 0.6 is 0 Å². The van der Waals surface area contributed by atoms with E-state index in [1.54, 1.807) is 0 Å². The number of piperazine rings is 1. The SMILES string of the molecule is CCN1CCN(c2ncc(CNC3CC3)cc2C)CC1. The van der Waals surface area contributed by atoms with Crippen LogP contribution in [-0.2, 0) is 6.54 Å². The molecule has 1 aromatic rings. The van der Waals surface area contributed by atoms with Crippen LogP contribution in [0.3, 0.4) is 0 Å². The molecule has 0 aromatic carbocycles. The third-order valence-electron chi connectivity index (χ3n) is 4.40. The van der Waals surface area contributed by atoms with Crippen molar-refractivity contribution in [2.75, 3.05) is 37.6 Å². The van der Waals surface area contributed by atoms with Gasteiger partial charge in [0.05, 0.1) is 0 Å². The summed E-state index contributed by atoms with van der Waals surface area (Å²) in [7, 11) is 0. The molecule has 1 aliphatic carbocycles. The molecule has 3 rings (SSSR count). The second-order valence-corrected chi connectivity index (χ2v) is 6.06. The van der Waals surface area contributed by atoms with E-state index in [-0.39, 0.29) is 0 Å². The maximum atomic E-state index is 4.72. The fraction of sp³-hybridized carbons (Fsp3) is 0.688. The highest BCUT2D eigenvalue weighted by atomic mass is 15.3. The fourth-order valence-corrected chi connectivity index (χ4v) is 2.88. The van der Waals surface area contributed by atoms with E-state index in [9.17, 15) is 0 Å². The van der Waals surface area contributed by atoms with Gasteiger partial charge in [0.2, 0.25) is 0 Å². The molecule has 20 heavy (non-hydrogen) atoms. The van der Waals surface area contributed by atoms with E-state index in [0.29, 0.717) is 0 Å². The molecule has 2 fully saturated rings. The summed E-state index contributed by atoms with van der Waals surface area (Å²) in [4.78, 5) is 9.65. The molecule has 1 saturated heterocycles. The molecule has 0 bridgehead atoms. The molecule has 0 spiro atoms. The largest absolute Gasteiger partial charge is 0.354 e. The molecule has 2 heterocycles. The van der Waals surface area contributed by atoms with Gasteiger partial charge in [-0.3, -0.25) is 0 Å². The van der Waals surface area contributed by atoms with Gasteiger partial charge in [-0.1, -0.05) is 6.92 Å². The van der Waals surface area contributed by atoms with Gasteiger partial charge in [-0.2, -0.15) is 0 Å². The lowest BCUT2D eigenvalue weighted by molar-refractivity contribution is 0.270. The van der Waals surface area contributed by atoms with Crippen molar-refractivity contribution in [3.63, 3.8) is 0 Å². The van der Waals surface area contributed by atoms with Crippen molar-refractivity contribution in [1.29, 1.82) is 0 Å². The Hall–Kier alpha value is -1.13. The summed E-state index contributed by atoms with van der Waals surface area (Å²) < 4.78 is 0. The standard InChI is InChI=1S/C16H26N4/c1-3-19-6-8-20(9-7-19)16-13(2)10-14(12-18-16)11-17-15-4-5-15/h10,12,15,17H,3-9,11H2,1-2H3. The molecule has 4 nitrogen and oxygen atoms in total. The summed E-state index contributed by atoms with van der Waals surface area (Å²) in [6.45, 7) is 11.1. The quantitative estimate of drug-likeness (QED) is 0.887. The number of likely N-dealkylation sites (N-methyl/N-ethyl adjacent to an activating group) is 1. The molecule has 1 aromatic heterocycles. The summed E-state index contributed by atoms with van der Waals surface area (Å²) in [5.74, 6) is 1.18. The Bertz CT molecular complexity index is 448. The van der Waals surface area contributed by atoms with Crippen LogP contribution in [0.2, 0.25) is 0 Å². The zero-order chi connectivity index (χ0) is 13.9. The van der Waals surface area contributed by atoms with Gasteiger partial charge in [0.25, 0.3) is 0 Å². The average Bonchev–Trinajstić information content (AvgIpc) is 3.30. The molecule has 2 aliphatic rings. The van der Waals surface area contributed by atoms with Crippen LogP contribution in [0.1, 0.15) is 30.9 Å². The number of rotatable bonds is 5. The smallest absolute Gasteiger partial charge is 0.131 e. The lowest BCUT2D eigenvalue weighted by Crippen LogP contribution is -2.46. The molecule has 0 atom stereocenters. The van der Waals surface area contributed by atoms with Crippen molar-refractivity contribution >= 4 is 5.82 Å². The van der Waals surface area contributed by atoms with Gasteiger partial charge >= 0.3 is 0 Å². The molecule has 0 radical (unpaired) electrons. The third kappa shape index (κ3) is 3.30. The minimum atomic E-state index is 0.761. The first-order chi connectivity index (χ1) is 9.76. The van der Waals surface area contributed by atoms with E-state index in [4.69, 9.17) is 4.98 Å². The summed E-state index contributed by atoms with van der Waals surface area (Å²) in [6, 6.07) is 3.06. The normalized spacial score (nSPS) is 20.4. The number of nitrogens with one attached hydrogen (secondary N) is 1. The van der Waals surface area contributed by atoms with Gasteiger partial charge < -0.3 is 15.1 Å². The first-order valence-electron chi connectivity index (χ1n) is 7.92. The third-order valence-corrected chi connectivity index (χ3v) is 4.40. The number of aromatic nitrogens is 1. The highest BCUT2D eigenvalue weighted by Crippen LogP contribution is 2.22. The molecular formula is C16H26N4. The lowest BCUT2D eigenvalue weighted by Gasteiger charge is -2.35. The summed E-state index contributed by atoms with van der Waals surface area (Å²) in [5.41, 5.74) is 2.62. The Balaban J connectivity index is 1.61. The topological polar surface area (TPSA) is 31.4 Å². The van der Waals surface area contributed by atoms with Crippen molar-refractivity contribution < 1.29 is 0 Å². The van der Waals surface area contributed by atoms with Crippen molar-refractivity contribution in [1.82, 2.24) is 15.2 Å².